The predicted molar refractivity (Wildman–Crippen MR) is 93.9 cm³/mol. The molecule has 2 N–H and O–H groups in total. The Morgan fingerprint density at radius 1 is 1.38 bits per heavy atom. The minimum atomic E-state index is -0.619. The zero-order chi connectivity index (χ0) is 17.5. The normalized spacial score (nSPS) is 12.2. The monoisotopic (exact) mass is 396 g/mol. The number of halogens is 1. The highest BCUT2D eigenvalue weighted by Gasteiger charge is 2.12. The third-order valence-corrected chi connectivity index (χ3v) is 3.65. The van der Waals surface area contributed by atoms with Gasteiger partial charge in [-0.15, -0.1) is 0 Å². The van der Waals surface area contributed by atoms with Crippen LogP contribution in [0.15, 0.2) is 41.0 Å². The lowest BCUT2D eigenvalue weighted by molar-refractivity contribution is 0.0885. The first-order valence-corrected chi connectivity index (χ1v) is 8.26. The molecule has 7 nitrogen and oxygen atoms in total. The molecule has 0 radical (unpaired) electrons. The van der Waals surface area contributed by atoms with Crippen LogP contribution in [0, 0.1) is 0 Å². The van der Waals surface area contributed by atoms with E-state index in [2.05, 4.69) is 26.3 Å². The molecule has 0 aliphatic carbocycles. The van der Waals surface area contributed by atoms with E-state index >= 15 is 0 Å². The molecule has 1 heterocycles. The molecule has 24 heavy (non-hydrogen) atoms. The maximum Gasteiger partial charge on any atom is 0.271 e. The molecule has 1 aromatic heterocycles. The third kappa shape index (κ3) is 5.95. The number of carbonyl (C=O) groups is 1. The summed E-state index contributed by atoms with van der Waals surface area (Å²) in [5.74, 6) is 0.390. The first-order chi connectivity index (χ1) is 11.4. The van der Waals surface area contributed by atoms with Gasteiger partial charge in [0.25, 0.3) is 5.91 Å². The molecule has 1 unspecified atom stereocenters. The number of ether oxygens (including phenoxy) is 1. The van der Waals surface area contributed by atoms with Gasteiger partial charge in [0.2, 0.25) is 0 Å². The molecule has 1 aromatic carbocycles. The minimum absolute atomic E-state index is 0.180. The molecule has 0 aliphatic rings. The van der Waals surface area contributed by atoms with E-state index in [0.29, 0.717) is 12.3 Å². The Balaban J connectivity index is 1.81. The Bertz CT molecular complexity index is 658. The van der Waals surface area contributed by atoms with Crippen LogP contribution in [0.2, 0.25) is 0 Å². The molecule has 1 amide bonds. The highest BCUT2D eigenvalue weighted by molar-refractivity contribution is 9.10. The van der Waals surface area contributed by atoms with Crippen molar-refractivity contribution in [1.82, 2.24) is 20.0 Å². The van der Waals surface area contributed by atoms with Gasteiger partial charge in [-0.05, 0) is 44.4 Å². The smallest absolute Gasteiger partial charge is 0.271 e. The van der Waals surface area contributed by atoms with Gasteiger partial charge < -0.3 is 20.1 Å². The van der Waals surface area contributed by atoms with E-state index in [0.717, 1.165) is 4.47 Å². The fourth-order valence-electron chi connectivity index (χ4n) is 2.01. The number of nitrogens with one attached hydrogen (secondary N) is 1. The third-order valence-electron chi connectivity index (χ3n) is 3.12. The van der Waals surface area contributed by atoms with Crippen LogP contribution in [0.25, 0.3) is 0 Å². The average Bonchev–Trinajstić information content (AvgIpc) is 3.00. The van der Waals surface area contributed by atoms with Crippen LogP contribution in [-0.4, -0.2) is 59.0 Å². The largest absolute Gasteiger partial charge is 0.471 e. The van der Waals surface area contributed by atoms with Crippen molar-refractivity contribution in [3.8, 4) is 5.75 Å². The minimum Gasteiger partial charge on any atom is -0.471 e. The Kier molecular flexibility index (Phi) is 6.77. The summed E-state index contributed by atoms with van der Waals surface area (Å²) in [6, 6.07) is 9.06. The molecule has 0 bridgehead atoms. The predicted octanol–water partition coefficient (Wildman–Crippen LogP) is 1.33. The maximum atomic E-state index is 12.0. The zero-order valence-corrected chi connectivity index (χ0v) is 15.2. The van der Waals surface area contributed by atoms with Gasteiger partial charge in [-0.1, -0.05) is 15.9 Å². The van der Waals surface area contributed by atoms with Crippen LogP contribution < -0.4 is 10.1 Å². The van der Waals surface area contributed by atoms with Gasteiger partial charge in [0, 0.05) is 23.8 Å². The lowest BCUT2D eigenvalue weighted by Crippen LogP contribution is -2.37. The van der Waals surface area contributed by atoms with E-state index in [-0.39, 0.29) is 24.9 Å². The molecule has 0 saturated carbocycles. The molecule has 1 atom stereocenters. The molecule has 2 rings (SSSR count). The van der Waals surface area contributed by atoms with Gasteiger partial charge >= 0.3 is 0 Å². The molecule has 8 heteroatoms. The standard InChI is InChI=1S/C16H21BrN4O3/c1-20(2)10-13(22)9-18-16(23)15-7-8-21(19-15)11-24-14-5-3-12(17)4-6-14/h3-8,13,22H,9-11H2,1-2H3,(H,18,23). The highest BCUT2D eigenvalue weighted by Crippen LogP contribution is 2.16. The number of amides is 1. The number of aliphatic hydroxyl groups excluding tert-OH is 1. The van der Waals surface area contributed by atoms with E-state index in [1.54, 1.807) is 12.3 Å². The van der Waals surface area contributed by atoms with Gasteiger partial charge in [0.1, 0.15) is 11.4 Å². The molecule has 2 aromatic rings. The molecule has 0 aliphatic heterocycles. The quantitative estimate of drug-likeness (QED) is 0.703. The lowest BCUT2D eigenvalue weighted by atomic mass is 10.3. The number of aliphatic hydroxyl groups is 1. The summed E-state index contributed by atoms with van der Waals surface area (Å²) in [6.07, 6.45) is 1.05. The first kappa shape index (κ1) is 18.4. The Hall–Kier alpha value is -1.90. The van der Waals surface area contributed by atoms with E-state index < -0.39 is 6.10 Å². The van der Waals surface area contributed by atoms with Crippen molar-refractivity contribution in [3.05, 3.63) is 46.7 Å². The SMILES string of the molecule is CN(C)CC(O)CNC(=O)c1ccn(COc2ccc(Br)cc2)n1. The summed E-state index contributed by atoms with van der Waals surface area (Å²) in [5.41, 5.74) is 0.284. The number of hydrogen-bond acceptors (Lipinski definition) is 5. The number of likely N-dealkylation sites (N-methyl/N-ethyl adjacent to an activating group) is 1. The van der Waals surface area contributed by atoms with Crippen LogP contribution in [0.1, 0.15) is 10.5 Å². The van der Waals surface area contributed by atoms with Gasteiger partial charge in [-0.25, -0.2) is 4.68 Å². The van der Waals surface area contributed by atoms with Crippen molar-refractivity contribution in [2.45, 2.75) is 12.8 Å². The van der Waals surface area contributed by atoms with E-state index in [4.69, 9.17) is 4.74 Å². The summed E-state index contributed by atoms with van der Waals surface area (Å²) >= 11 is 3.36. The first-order valence-electron chi connectivity index (χ1n) is 7.47. The fourth-order valence-corrected chi connectivity index (χ4v) is 2.28. The Morgan fingerprint density at radius 2 is 2.08 bits per heavy atom. The van der Waals surface area contributed by atoms with Crippen LogP contribution in [0.5, 0.6) is 5.75 Å². The second kappa shape index (κ2) is 8.81. The molecule has 0 saturated heterocycles. The summed E-state index contributed by atoms with van der Waals surface area (Å²) in [4.78, 5) is 13.9. The summed E-state index contributed by atoms with van der Waals surface area (Å²) in [6.45, 7) is 0.868. The maximum absolute atomic E-state index is 12.0. The molecule has 0 spiro atoms. The van der Waals surface area contributed by atoms with Crippen molar-refractivity contribution in [3.63, 3.8) is 0 Å². The van der Waals surface area contributed by atoms with Crippen molar-refractivity contribution in [1.29, 1.82) is 0 Å². The van der Waals surface area contributed by atoms with E-state index in [9.17, 15) is 9.90 Å². The molecule has 130 valence electrons. The topological polar surface area (TPSA) is 79.6 Å². The average molecular weight is 397 g/mol. The summed E-state index contributed by atoms with van der Waals surface area (Å²) in [7, 11) is 3.72. The zero-order valence-electron chi connectivity index (χ0n) is 13.6. The Labute approximate surface area is 149 Å². The number of carbonyl (C=O) groups excluding carboxylic acids is 1. The van der Waals surface area contributed by atoms with Crippen molar-refractivity contribution in [2.75, 3.05) is 27.2 Å². The Morgan fingerprint density at radius 3 is 2.75 bits per heavy atom. The summed E-state index contributed by atoms with van der Waals surface area (Å²) in [5, 5.41) is 16.6. The number of aromatic nitrogens is 2. The van der Waals surface area contributed by atoms with E-state index in [1.807, 2.05) is 43.3 Å². The fraction of sp³-hybridized carbons (Fsp3) is 0.375. The van der Waals surface area contributed by atoms with Gasteiger partial charge in [0.05, 0.1) is 6.10 Å². The number of hydrogen-bond donors (Lipinski definition) is 2. The second-order valence-corrected chi connectivity index (χ2v) is 6.51. The van der Waals surface area contributed by atoms with Gasteiger partial charge in [-0.3, -0.25) is 4.79 Å². The van der Waals surface area contributed by atoms with Gasteiger partial charge in [-0.2, -0.15) is 5.10 Å². The molecular formula is C16H21BrN4O3. The van der Waals surface area contributed by atoms with Crippen LogP contribution in [-0.2, 0) is 6.73 Å². The highest BCUT2D eigenvalue weighted by atomic mass is 79.9. The second-order valence-electron chi connectivity index (χ2n) is 5.59. The van der Waals surface area contributed by atoms with Crippen molar-refractivity contribution < 1.29 is 14.6 Å². The van der Waals surface area contributed by atoms with Crippen molar-refractivity contribution in [2.24, 2.45) is 0 Å². The number of benzene rings is 1. The van der Waals surface area contributed by atoms with Crippen LogP contribution >= 0.6 is 15.9 Å². The molecule has 0 fully saturated rings. The van der Waals surface area contributed by atoms with Crippen LogP contribution in [0.3, 0.4) is 0 Å². The lowest BCUT2D eigenvalue weighted by Gasteiger charge is -2.15. The number of rotatable bonds is 8. The molecular weight excluding hydrogens is 376 g/mol. The van der Waals surface area contributed by atoms with Crippen LogP contribution in [0.4, 0.5) is 0 Å². The van der Waals surface area contributed by atoms with Gasteiger partial charge in [0.15, 0.2) is 6.73 Å². The van der Waals surface area contributed by atoms with E-state index in [1.165, 1.54) is 4.68 Å². The number of nitrogens with zero attached hydrogens (tertiary/aromatic N) is 3. The van der Waals surface area contributed by atoms with Crippen molar-refractivity contribution >= 4 is 21.8 Å². The summed E-state index contributed by atoms with van der Waals surface area (Å²) < 4.78 is 8.10.